The molecule has 0 spiro atoms. The van der Waals surface area contributed by atoms with Crippen LogP contribution in [0.5, 0.6) is 0 Å². The van der Waals surface area contributed by atoms with Gasteiger partial charge in [0.25, 0.3) is 0 Å². The van der Waals surface area contributed by atoms with E-state index < -0.39 is 0 Å². The number of halogens is 1. The average molecular weight is 291 g/mol. The van der Waals surface area contributed by atoms with E-state index in [9.17, 15) is 5.11 Å². The first-order valence-corrected chi connectivity index (χ1v) is 7.25. The molecule has 86 valence electrons. The molecule has 1 atom stereocenters. The Morgan fingerprint density at radius 1 is 1.33 bits per heavy atom. The molecule has 1 unspecified atom stereocenters. The highest BCUT2D eigenvalue weighted by Crippen LogP contribution is 2.23. The Hall–Kier alpha value is 0.140. The van der Waals surface area contributed by atoms with Crippen molar-refractivity contribution in [3.8, 4) is 0 Å². The number of aliphatic hydroxyl groups excluding tert-OH is 1. The van der Waals surface area contributed by atoms with Gasteiger partial charge in [-0.2, -0.15) is 0 Å². The maximum Gasteiger partial charge on any atom is 0.0701 e. The van der Waals surface area contributed by atoms with Crippen molar-refractivity contribution >= 4 is 27.3 Å². The van der Waals surface area contributed by atoms with E-state index in [0.717, 1.165) is 23.0 Å². The summed E-state index contributed by atoms with van der Waals surface area (Å²) in [4.78, 5) is 1.27. The van der Waals surface area contributed by atoms with Gasteiger partial charge in [0.15, 0.2) is 0 Å². The van der Waals surface area contributed by atoms with Crippen molar-refractivity contribution in [3.63, 3.8) is 0 Å². The van der Waals surface area contributed by atoms with Crippen molar-refractivity contribution in [2.75, 3.05) is 0 Å². The van der Waals surface area contributed by atoms with Crippen LogP contribution in [0.3, 0.4) is 0 Å². The molecule has 0 aliphatic carbocycles. The average Bonchev–Trinajstić information content (AvgIpc) is 2.59. The molecule has 1 nitrogen and oxygen atoms in total. The number of thiophene rings is 1. The molecule has 0 bridgehead atoms. The zero-order chi connectivity index (χ0) is 11.1. The fraction of sp³-hybridized carbons (Fsp3) is 0.667. The van der Waals surface area contributed by atoms with Gasteiger partial charge < -0.3 is 5.11 Å². The Morgan fingerprint density at radius 2 is 2.13 bits per heavy atom. The third-order valence-electron chi connectivity index (χ3n) is 2.46. The molecular formula is C12H19BrOS. The summed E-state index contributed by atoms with van der Waals surface area (Å²) in [6.07, 6.45) is 6.54. The predicted molar refractivity (Wildman–Crippen MR) is 70.5 cm³/mol. The lowest BCUT2D eigenvalue weighted by Crippen LogP contribution is -2.09. The number of unbranched alkanes of at least 4 members (excludes halogenated alkanes) is 3. The largest absolute Gasteiger partial charge is 0.393 e. The van der Waals surface area contributed by atoms with Gasteiger partial charge >= 0.3 is 0 Å². The van der Waals surface area contributed by atoms with Gasteiger partial charge in [-0.15, -0.1) is 11.3 Å². The second kappa shape index (κ2) is 7.42. The Bertz CT molecular complexity index is 272. The van der Waals surface area contributed by atoms with Gasteiger partial charge in [0.05, 0.1) is 9.89 Å². The lowest BCUT2D eigenvalue weighted by molar-refractivity contribution is 0.162. The molecule has 1 N–H and O–H groups in total. The van der Waals surface area contributed by atoms with Crippen LogP contribution in [0, 0.1) is 0 Å². The third-order valence-corrected chi connectivity index (χ3v) is 4.10. The number of hydrogen-bond donors (Lipinski definition) is 1. The van der Waals surface area contributed by atoms with Gasteiger partial charge in [0.2, 0.25) is 0 Å². The third kappa shape index (κ3) is 5.69. The normalized spacial score (nSPS) is 13.0. The van der Waals surface area contributed by atoms with Crippen molar-refractivity contribution in [2.24, 2.45) is 0 Å². The summed E-state index contributed by atoms with van der Waals surface area (Å²) in [5, 5.41) is 9.80. The molecule has 0 radical (unpaired) electrons. The standard InChI is InChI=1S/C12H19BrOS/c1-2-3-4-5-6-10(14)9-11-7-8-12(13)15-11/h7-8,10,14H,2-6,9H2,1H3. The molecule has 3 heteroatoms. The fourth-order valence-corrected chi connectivity index (χ4v) is 3.16. The van der Waals surface area contributed by atoms with Crippen LogP contribution < -0.4 is 0 Å². The van der Waals surface area contributed by atoms with Crippen molar-refractivity contribution in [3.05, 3.63) is 20.8 Å². The maximum atomic E-state index is 9.80. The Balaban J connectivity index is 2.15. The quantitative estimate of drug-likeness (QED) is 0.739. The molecule has 1 aromatic rings. The minimum Gasteiger partial charge on any atom is -0.393 e. The van der Waals surface area contributed by atoms with Crippen LogP contribution in [0.25, 0.3) is 0 Å². The van der Waals surface area contributed by atoms with E-state index in [2.05, 4.69) is 28.9 Å². The van der Waals surface area contributed by atoms with E-state index in [1.165, 1.54) is 24.1 Å². The minimum atomic E-state index is -0.160. The van der Waals surface area contributed by atoms with E-state index in [1.54, 1.807) is 11.3 Å². The van der Waals surface area contributed by atoms with Crippen molar-refractivity contribution in [1.82, 2.24) is 0 Å². The molecule has 0 saturated carbocycles. The molecular weight excluding hydrogens is 272 g/mol. The first kappa shape index (κ1) is 13.2. The van der Waals surface area contributed by atoms with E-state index >= 15 is 0 Å². The highest BCUT2D eigenvalue weighted by atomic mass is 79.9. The van der Waals surface area contributed by atoms with E-state index in [1.807, 2.05) is 6.07 Å². The molecule has 0 aliphatic heterocycles. The van der Waals surface area contributed by atoms with Crippen LogP contribution in [-0.2, 0) is 6.42 Å². The monoisotopic (exact) mass is 290 g/mol. The van der Waals surface area contributed by atoms with E-state index in [4.69, 9.17) is 0 Å². The molecule has 0 aromatic carbocycles. The second-order valence-corrected chi connectivity index (χ2v) is 6.46. The van der Waals surface area contributed by atoms with Crippen LogP contribution in [0.4, 0.5) is 0 Å². The van der Waals surface area contributed by atoms with Crippen LogP contribution >= 0.6 is 27.3 Å². The predicted octanol–water partition coefficient (Wildman–Crippen LogP) is 4.38. The first-order chi connectivity index (χ1) is 7.22. The van der Waals surface area contributed by atoms with Gasteiger partial charge in [-0.3, -0.25) is 0 Å². The Kier molecular flexibility index (Phi) is 6.53. The molecule has 0 aliphatic rings. The fourth-order valence-electron chi connectivity index (χ4n) is 1.60. The van der Waals surface area contributed by atoms with Crippen molar-refractivity contribution in [1.29, 1.82) is 0 Å². The van der Waals surface area contributed by atoms with Gasteiger partial charge in [-0.1, -0.05) is 32.6 Å². The summed E-state index contributed by atoms with van der Waals surface area (Å²) >= 11 is 5.15. The zero-order valence-electron chi connectivity index (χ0n) is 9.21. The van der Waals surface area contributed by atoms with E-state index in [0.29, 0.717) is 0 Å². The van der Waals surface area contributed by atoms with Gasteiger partial charge in [-0.05, 0) is 34.5 Å². The molecule has 1 rings (SSSR count). The summed E-state index contributed by atoms with van der Waals surface area (Å²) in [5.74, 6) is 0. The summed E-state index contributed by atoms with van der Waals surface area (Å²) < 4.78 is 1.15. The van der Waals surface area contributed by atoms with Crippen molar-refractivity contribution in [2.45, 2.75) is 51.6 Å². The SMILES string of the molecule is CCCCCCC(O)Cc1ccc(Br)s1. The van der Waals surface area contributed by atoms with Gasteiger partial charge in [0.1, 0.15) is 0 Å². The highest BCUT2D eigenvalue weighted by Gasteiger charge is 2.06. The maximum absolute atomic E-state index is 9.80. The molecule has 0 saturated heterocycles. The second-order valence-electron chi connectivity index (χ2n) is 3.91. The molecule has 1 heterocycles. The summed E-state index contributed by atoms with van der Waals surface area (Å²) in [6, 6.07) is 4.13. The van der Waals surface area contributed by atoms with Crippen LogP contribution in [-0.4, -0.2) is 11.2 Å². The zero-order valence-corrected chi connectivity index (χ0v) is 11.6. The molecule has 1 aromatic heterocycles. The Morgan fingerprint density at radius 3 is 2.73 bits per heavy atom. The van der Waals surface area contributed by atoms with Gasteiger partial charge in [0, 0.05) is 11.3 Å². The lowest BCUT2D eigenvalue weighted by atomic mass is 10.1. The Labute approximate surface area is 105 Å². The first-order valence-electron chi connectivity index (χ1n) is 5.64. The molecule has 0 fully saturated rings. The number of rotatable bonds is 7. The topological polar surface area (TPSA) is 20.2 Å². The minimum absolute atomic E-state index is 0.160. The lowest BCUT2D eigenvalue weighted by Gasteiger charge is -2.08. The molecule has 0 amide bonds. The summed E-state index contributed by atoms with van der Waals surface area (Å²) in [5.41, 5.74) is 0. The summed E-state index contributed by atoms with van der Waals surface area (Å²) in [6.45, 7) is 2.21. The number of aliphatic hydroxyl groups is 1. The summed E-state index contributed by atoms with van der Waals surface area (Å²) in [7, 11) is 0. The van der Waals surface area contributed by atoms with Crippen LogP contribution in [0.2, 0.25) is 0 Å². The van der Waals surface area contributed by atoms with Crippen LogP contribution in [0.1, 0.15) is 43.9 Å². The highest BCUT2D eigenvalue weighted by molar-refractivity contribution is 9.11. The smallest absolute Gasteiger partial charge is 0.0701 e. The molecule has 15 heavy (non-hydrogen) atoms. The van der Waals surface area contributed by atoms with Crippen LogP contribution in [0.15, 0.2) is 15.9 Å². The van der Waals surface area contributed by atoms with E-state index in [-0.39, 0.29) is 6.10 Å². The number of hydrogen-bond acceptors (Lipinski definition) is 2. The van der Waals surface area contributed by atoms with Gasteiger partial charge in [-0.25, -0.2) is 0 Å². The van der Waals surface area contributed by atoms with Crippen molar-refractivity contribution < 1.29 is 5.11 Å².